The molecule has 22 heavy (non-hydrogen) atoms. The van der Waals surface area contributed by atoms with E-state index in [1.54, 1.807) is 0 Å². The minimum Gasteiger partial charge on any atom is -0.199 e. The minimum atomic E-state index is -7.50. The van der Waals surface area contributed by atoms with Gasteiger partial charge < -0.3 is 0 Å². The zero-order chi connectivity index (χ0) is 18.4. The van der Waals surface area contributed by atoms with E-state index in [9.17, 15) is 61.1 Å². The summed E-state index contributed by atoms with van der Waals surface area (Å²) in [7, 11) is -6.64. The number of hydrogen-bond donors (Lipinski definition) is 0. The molecule has 0 bridgehead atoms. The summed E-state index contributed by atoms with van der Waals surface area (Å²) in [5.74, 6) is -18.3. The highest BCUT2D eigenvalue weighted by atomic mass is 32.2. The average molecular weight is 382 g/mol. The highest BCUT2D eigenvalue weighted by Gasteiger charge is 2.83. The molecular formula is C6H2F12O3S. The van der Waals surface area contributed by atoms with Gasteiger partial charge in [-0.2, -0.15) is 65.3 Å². The lowest BCUT2D eigenvalue weighted by Crippen LogP contribution is -2.62. The summed E-state index contributed by atoms with van der Waals surface area (Å²) in [4.78, 5) is 0. The smallest absolute Gasteiger partial charge is 0.199 e. The molecule has 3 nitrogen and oxygen atoms in total. The summed E-state index contributed by atoms with van der Waals surface area (Å²) in [6.07, 6.45) is -20.2. The quantitative estimate of drug-likeness (QED) is 0.541. The van der Waals surface area contributed by atoms with Gasteiger partial charge in [0.15, 0.2) is 5.75 Å². The van der Waals surface area contributed by atoms with Gasteiger partial charge in [0.25, 0.3) is 10.1 Å². The van der Waals surface area contributed by atoms with E-state index in [0.29, 0.717) is 0 Å². The standard InChI is InChI=1S/C6H2F12O3S/c7-2(8,9)1-22(19,20)21-6(17,18)4(12,13)3(10,11)5(14,15)16/h1H2. The van der Waals surface area contributed by atoms with E-state index >= 15 is 0 Å². The van der Waals surface area contributed by atoms with Crippen molar-refractivity contribution >= 4 is 10.1 Å². The molecule has 0 N–H and O–H groups in total. The molecule has 0 heterocycles. The van der Waals surface area contributed by atoms with Crippen LogP contribution in [0.15, 0.2) is 0 Å². The van der Waals surface area contributed by atoms with E-state index in [1.165, 1.54) is 0 Å². The zero-order valence-corrected chi connectivity index (χ0v) is 10.2. The minimum absolute atomic E-state index is 1.94. The van der Waals surface area contributed by atoms with Crippen LogP contribution in [0.4, 0.5) is 52.7 Å². The summed E-state index contributed by atoms with van der Waals surface area (Å²) < 4.78 is 167. The first-order valence-corrected chi connectivity index (χ1v) is 5.94. The van der Waals surface area contributed by atoms with Crippen LogP contribution >= 0.6 is 0 Å². The number of alkyl halides is 12. The molecule has 0 atom stereocenters. The highest BCUT2D eigenvalue weighted by Crippen LogP contribution is 2.53. The molecule has 0 spiro atoms. The molecule has 0 aliphatic heterocycles. The van der Waals surface area contributed by atoms with Gasteiger partial charge in [-0.25, -0.2) is 0 Å². The monoisotopic (exact) mass is 382 g/mol. The van der Waals surface area contributed by atoms with Crippen molar-refractivity contribution in [3.63, 3.8) is 0 Å². The highest BCUT2D eigenvalue weighted by molar-refractivity contribution is 7.86. The van der Waals surface area contributed by atoms with Crippen LogP contribution in [0.1, 0.15) is 0 Å². The molecule has 0 aromatic rings. The number of hydrogen-bond acceptors (Lipinski definition) is 3. The third kappa shape index (κ3) is 4.30. The third-order valence-corrected chi connectivity index (χ3v) is 2.83. The first kappa shape index (κ1) is 21.1. The Bertz CT molecular complexity index is 500. The molecule has 0 unspecified atom stereocenters. The summed E-state index contributed by atoms with van der Waals surface area (Å²) >= 11 is 0. The van der Waals surface area contributed by atoms with Crippen molar-refractivity contribution in [1.29, 1.82) is 0 Å². The maximum atomic E-state index is 12.6. The van der Waals surface area contributed by atoms with Crippen LogP contribution in [-0.2, 0) is 14.3 Å². The van der Waals surface area contributed by atoms with Gasteiger partial charge in [0.2, 0.25) is 0 Å². The van der Waals surface area contributed by atoms with Gasteiger partial charge in [-0.15, -0.1) is 0 Å². The van der Waals surface area contributed by atoms with Crippen molar-refractivity contribution in [3.05, 3.63) is 0 Å². The van der Waals surface area contributed by atoms with Crippen molar-refractivity contribution < 1.29 is 65.3 Å². The van der Waals surface area contributed by atoms with Crippen LogP contribution in [0.2, 0.25) is 0 Å². The summed E-state index contributed by atoms with van der Waals surface area (Å²) in [6.45, 7) is 0. The van der Waals surface area contributed by atoms with Crippen LogP contribution < -0.4 is 0 Å². The Kier molecular flexibility index (Phi) is 5.09. The molecule has 0 amide bonds. The molecule has 0 aliphatic rings. The molecule has 0 aromatic carbocycles. The molecule has 0 radical (unpaired) electrons. The van der Waals surface area contributed by atoms with Crippen molar-refractivity contribution in [2.24, 2.45) is 0 Å². The first-order valence-electron chi connectivity index (χ1n) is 4.36. The van der Waals surface area contributed by atoms with Crippen molar-refractivity contribution in [3.8, 4) is 0 Å². The SMILES string of the molecule is O=S(=O)(CC(F)(F)F)OC(F)(F)C(F)(F)C(F)(F)C(F)(F)F. The maximum absolute atomic E-state index is 12.6. The second-order valence-electron chi connectivity index (χ2n) is 3.56. The van der Waals surface area contributed by atoms with Crippen molar-refractivity contribution in [1.82, 2.24) is 0 Å². The Hall–Kier alpha value is -0.930. The van der Waals surface area contributed by atoms with Gasteiger partial charge in [-0.3, -0.25) is 0 Å². The second-order valence-corrected chi connectivity index (χ2v) is 5.13. The van der Waals surface area contributed by atoms with Gasteiger partial charge in [0.05, 0.1) is 0 Å². The fourth-order valence-electron chi connectivity index (χ4n) is 0.802. The van der Waals surface area contributed by atoms with E-state index in [1.807, 2.05) is 4.18 Å². The normalized spacial score (nSPS) is 16.0. The third-order valence-electron chi connectivity index (χ3n) is 1.69. The van der Waals surface area contributed by atoms with E-state index in [2.05, 4.69) is 0 Å². The molecule has 0 saturated heterocycles. The zero-order valence-electron chi connectivity index (χ0n) is 9.38. The summed E-state index contributed by atoms with van der Waals surface area (Å²) in [6, 6.07) is 0. The Morgan fingerprint density at radius 3 is 1.32 bits per heavy atom. The lowest BCUT2D eigenvalue weighted by atomic mass is 10.1. The van der Waals surface area contributed by atoms with Gasteiger partial charge in [0, 0.05) is 0 Å². The lowest BCUT2D eigenvalue weighted by molar-refractivity contribution is -0.428. The lowest BCUT2D eigenvalue weighted by Gasteiger charge is -2.32. The van der Waals surface area contributed by atoms with Gasteiger partial charge >= 0.3 is 30.3 Å². The molecule has 0 rings (SSSR count). The summed E-state index contributed by atoms with van der Waals surface area (Å²) in [5.41, 5.74) is 0. The van der Waals surface area contributed by atoms with Crippen LogP contribution in [0.25, 0.3) is 0 Å². The second kappa shape index (κ2) is 5.31. The van der Waals surface area contributed by atoms with Crippen molar-refractivity contribution in [2.45, 2.75) is 30.3 Å². The molecule has 0 aromatic heterocycles. The fourth-order valence-corrected chi connectivity index (χ4v) is 1.69. The Morgan fingerprint density at radius 2 is 1.05 bits per heavy atom. The molecule has 0 saturated carbocycles. The average Bonchev–Trinajstić information content (AvgIpc) is 2.08. The predicted octanol–water partition coefficient (Wildman–Crippen LogP) is 3.32. The van der Waals surface area contributed by atoms with Crippen LogP contribution in [-0.4, -0.2) is 44.5 Å². The largest absolute Gasteiger partial charge is 0.460 e. The van der Waals surface area contributed by atoms with Crippen LogP contribution in [0, 0.1) is 0 Å². The Labute approximate surface area is 112 Å². The van der Waals surface area contributed by atoms with Gasteiger partial charge in [-0.1, -0.05) is 0 Å². The molecule has 0 aliphatic carbocycles. The van der Waals surface area contributed by atoms with E-state index < -0.39 is 46.2 Å². The van der Waals surface area contributed by atoms with Crippen LogP contribution in [0.3, 0.4) is 0 Å². The van der Waals surface area contributed by atoms with E-state index in [0.717, 1.165) is 0 Å². The van der Waals surface area contributed by atoms with Gasteiger partial charge in [-0.05, 0) is 0 Å². The molecular weight excluding hydrogens is 380 g/mol. The number of rotatable bonds is 5. The predicted molar refractivity (Wildman–Crippen MR) is 41.8 cm³/mol. The van der Waals surface area contributed by atoms with E-state index in [-0.39, 0.29) is 0 Å². The van der Waals surface area contributed by atoms with Crippen LogP contribution in [0.5, 0.6) is 0 Å². The fraction of sp³-hybridized carbons (Fsp3) is 1.00. The van der Waals surface area contributed by atoms with E-state index in [4.69, 9.17) is 0 Å². The molecule has 16 heteroatoms. The molecule has 0 fully saturated rings. The van der Waals surface area contributed by atoms with Gasteiger partial charge in [0.1, 0.15) is 0 Å². The first-order chi connectivity index (χ1) is 9.16. The maximum Gasteiger partial charge on any atom is 0.460 e. The Balaban J connectivity index is 5.66. The summed E-state index contributed by atoms with van der Waals surface area (Å²) in [5, 5.41) is 0. The topological polar surface area (TPSA) is 43.4 Å². The molecule has 134 valence electrons. The Morgan fingerprint density at radius 1 is 0.682 bits per heavy atom. The number of halogens is 12. The van der Waals surface area contributed by atoms with Crippen molar-refractivity contribution in [2.75, 3.05) is 5.75 Å².